The maximum atomic E-state index is 5.86. The summed E-state index contributed by atoms with van der Waals surface area (Å²) in [4.78, 5) is 0. The van der Waals surface area contributed by atoms with Crippen LogP contribution in [-0.2, 0) is 6.54 Å². The monoisotopic (exact) mass is 297 g/mol. The molecule has 0 amide bonds. The Kier molecular flexibility index (Phi) is 4.68. The van der Waals surface area contributed by atoms with Crippen molar-refractivity contribution in [2.75, 3.05) is 19.5 Å². The number of methoxy groups -OCH3 is 2. The second-order valence-electron chi connectivity index (χ2n) is 4.09. The van der Waals surface area contributed by atoms with Crippen molar-refractivity contribution in [3.8, 4) is 11.5 Å². The Hall–Kier alpha value is -1.95. The van der Waals surface area contributed by atoms with Gasteiger partial charge in [-0.2, -0.15) is 0 Å². The normalized spacial score (nSPS) is 12.0. The molecule has 108 valence electrons. The zero-order valence-electron chi connectivity index (χ0n) is 11.5. The molecule has 0 saturated carbocycles. The third-order valence-electron chi connectivity index (χ3n) is 2.71. The largest absolute Gasteiger partial charge is 0.497 e. The third kappa shape index (κ3) is 3.33. The molecular formula is C13H16ClN3O3. The molecule has 6 nitrogen and oxygen atoms in total. The van der Waals surface area contributed by atoms with Crippen molar-refractivity contribution >= 4 is 17.6 Å². The van der Waals surface area contributed by atoms with Crippen LogP contribution in [0.2, 0.25) is 0 Å². The van der Waals surface area contributed by atoms with E-state index in [1.807, 2.05) is 18.2 Å². The maximum absolute atomic E-state index is 5.86. The van der Waals surface area contributed by atoms with Gasteiger partial charge in [0, 0.05) is 18.2 Å². The van der Waals surface area contributed by atoms with Gasteiger partial charge in [-0.25, -0.2) is 0 Å². The first kappa shape index (κ1) is 14.5. The van der Waals surface area contributed by atoms with E-state index in [9.17, 15) is 0 Å². The summed E-state index contributed by atoms with van der Waals surface area (Å²) in [6, 6.07) is 5.91. The van der Waals surface area contributed by atoms with Crippen LogP contribution in [-0.4, -0.2) is 24.4 Å². The SMILES string of the molecule is COc1ccc(CNc2nnc(C(C)Cl)o2)c(OC)c1. The zero-order chi connectivity index (χ0) is 14.5. The number of aromatic nitrogens is 2. The number of hydrogen-bond acceptors (Lipinski definition) is 6. The van der Waals surface area contributed by atoms with E-state index in [0.29, 0.717) is 18.5 Å². The Bertz CT molecular complexity index is 572. The number of rotatable bonds is 6. The van der Waals surface area contributed by atoms with Crippen molar-refractivity contribution in [1.82, 2.24) is 10.2 Å². The second kappa shape index (κ2) is 6.47. The molecule has 1 aromatic heterocycles. The van der Waals surface area contributed by atoms with E-state index < -0.39 is 0 Å². The summed E-state index contributed by atoms with van der Waals surface area (Å²) in [6.45, 7) is 2.26. The Morgan fingerprint density at radius 3 is 2.70 bits per heavy atom. The quantitative estimate of drug-likeness (QED) is 0.827. The maximum Gasteiger partial charge on any atom is 0.315 e. The Balaban J connectivity index is 2.06. The van der Waals surface area contributed by atoms with Crippen molar-refractivity contribution in [2.24, 2.45) is 0 Å². The molecule has 1 aromatic carbocycles. The van der Waals surface area contributed by atoms with Crippen molar-refractivity contribution < 1.29 is 13.9 Å². The lowest BCUT2D eigenvalue weighted by molar-refractivity contribution is 0.391. The van der Waals surface area contributed by atoms with Gasteiger partial charge in [0.1, 0.15) is 16.9 Å². The van der Waals surface area contributed by atoms with Gasteiger partial charge in [-0.1, -0.05) is 5.10 Å². The minimum atomic E-state index is -0.312. The van der Waals surface area contributed by atoms with Crippen LogP contribution in [0.4, 0.5) is 6.01 Å². The number of halogens is 1. The highest BCUT2D eigenvalue weighted by Gasteiger charge is 2.11. The molecule has 1 atom stereocenters. The smallest absolute Gasteiger partial charge is 0.315 e. The summed E-state index contributed by atoms with van der Waals surface area (Å²) >= 11 is 5.86. The summed E-state index contributed by atoms with van der Waals surface area (Å²) in [7, 11) is 3.22. The number of anilines is 1. The molecule has 20 heavy (non-hydrogen) atoms. The second-order valence-corrected chi connectivity index (χ2v) is 4.75. The number of ether oxygens (including phenoxy) is 2. The molecule has 1 N–H and O–H groups in total. The van der Waals surface area contributed by atoms with Crippen LogP contribution < -0.4 is 14.8 Å². The molecule has 2 rings (SSSR count). The van der Waals surface area contributed by atoms with Crippen molar-refractivity contribution in [1.29, 1.82) is 0 Å². The van der Waals surface area contributed by atoms with Gasteiger partial charge in [-0.05, 0) is 19.1 Å². The van der Waals surface area contributed by atoms with E-state index in [4.69, 9.17) is 25.5 Å². The minimum absolute atomic E-state index is 0.312. The number of benzene rings is 1. The van der Waals surface area contributed by atoms with Gasteiger partial charge in [0.15, 0.2) is 0 Å². The van der Waals surface area contributed by atoms with Crippen LogP contribution in [0.1, 0.15) is 23.8 Å². The van der Waals surface area contributed by atoms with Gasteiger partial charge in [0.2, 0.25) is 5.89 Å². The average Bonchev–Trinajstić information content (AvgIpc) is 2.94. The number of alkyl halides is 1. The molecule has 0 bridgehead atoms. The molecule has 1 heterocycles. The van der Waals surface area contributed by atoms with Crippen LogP contribution in [0.5, 0.6) is 11.5 Å². The van der Waals surface area contributed by atoms with Crippen LogP contribution in [0.15, 0.2) is 22.6 Å². The lowest BCUT2D eigenvalue weighted by Gasteiger charge is -2.10. The van der Waals surface area contributed by atoms with Crippen molar-refractivity contribution in [2.45, 2.75) is 18.8 Å². The first-order chi connectivity index (χ1) is 9.63. The third-order valence-corrected chi connectivity index (χ3v) is 2.89. The Labute approximate surface area is 122 Å². The molecule has 0 aliphatic heterocycles. The lowest BCUT2D eigenvalue weighted by Crippen LogP contribution is -2.02. The first-order valence-electron chi connectivity index (χ1n) is 6.06. The predicted molar refractivity (Wildman–Crippen MR) is 75.4 cm³/mol. The molecule has 2 aromatic rings. The van der Waals surface area contributed by atoms with Gasteiger partial charge in [-0.3, -0.25) is 0 Å². The molecule has 1 unspecified atom stereocenters. The number of nitrogens with one attached hydrogen (secondary N) is 1. The summed E-state index contributed by atoms with van der Waals surface area (Å²) in [5, 5.41) is 10.4. The molecule has 0 saturated heterocycles. The molecular weight excluding hydrogens is 282 g/mol. The number of hydrogen-bond donors (Lipinski definition) is 1. The highest BCUT2D eigenvalue weighted by Crippen LogP contribution is 2.25. The zero-order valence-corrected chi connectivity index (χ0v) is 12.3. The molecule has 0 fully saturated rings. The first-order valence-corrected chi connectivity index (χ1v) is 6.50. The molecule has 0 aliphatic carbocycles. The molecule has 7 heteroatoms. The molecule has 0 aliphatic rings. The van der Waals surface area contributed by atoms with Crippen LogP contribution in [0, 0.1) is 0 Å². The van der Waals surface area contributed by atoms with Gasteiger partial charge in [0.05, 0.1) is 14.2 Å². The van der Waals surface area contributed by atoms with Gasteiger partial charge < -0.3 is 19.2 Å². The van der Waals surface area contributed by atoms with Crippen molar-refractivity contribution in [3.05, 3.63) is 29.7 Å². The predicted octanol–water partition coefficient (Wildman–Crippen LogP) is 3.00. The van der Waals surface area contributed by atoms with E-state index >= 15 is 0 Å². The summed E-state index contributed by atoms with van der Waals surface area (Å²) in [6.07, 6.45) is 0. The van der Waals surface area contributed by atoms with Crippen LogP contribution in [0.25, 0.3) is 0 Å². The van der Waals surface area contributed by atoms with E-state index in [0.717, 1.165) is 17.1 Å². The standard InChI is InChI=1S/C13H16ClN3O3/c1-8(14)12-16-17-13(20-12)15-7-9-4-5-10(18-2)6-11(9)19-3/h4-6,8H,7H2,1-3H3,(H,15,17). The van der Waals surface area contributed by atoms with Gasteiger partial charge in [0.25, 0.3) is 0 Å². The topological polar surface area (TPSA) is 69.4 Å². The van der Waals surface area contributed by atoms with Gasteiger partial charge in [-0.15, -0.1) is 16.7 Å². The fraction of sp³-hybridized carbons (Fsp3) is 0.385. The molecule has 0 spiro atoms. The van der Waals surface area contributed by atoms with E-state index in [1.54, 1.807) is 21.1 Å². The summed E-state index contributed by atoms with van der Waals surface area (Å²) in [5.41, 5.74) is 0.951. The fourth-order valence-electron chi connectivity index (χ4n) is 1.64. The molecule has 0 radical (unpaired) electrons. The van der Waals surface area contributed by atoms with E-state index in [-0.39, 0.29) is 5.38 Å². The van der Waals surface area contributed by atoms with E-state index in [1.165, 1.54) is 0 Å². The lowest BCUT2D eigenvalue weighted by atomic mass is 10.2. The average molecular weight is 298 g/mol. The van der Waals surface area contributed by atoms with Crippen LogP contribution >= 0.6 is 11.6 Å². The summed E-state index contributed by atoms with van der Waals surface area (Å²) < 4.78 is 15.8. The van der Waals surface area contributed by atoms with Gasteiger partial charge >= 0.3 is 6.01 Å². The highest BCUT2D eigenvalue weighted by atomic mass is 35.5. The number of nitrogens with zero attached hydrogens (tertiary/aromatic N) is 2. The minimum Gasteiger partial charge on any atom is -0.497 e. The van der Waals surface area contributed by atoms with E-state index in [2.05, 4.69) is 15.5 Å². The highest BCUT2D eigenvalue weighted by molar-refractivity contribution is 6.20. The van der Waals surface area contributed by atoms with Crippen molar-refractivity contribution in [3.63, 3.8) is 0 Å². The summed E-state index contributed by atoms with van der Waals surface area (Å²) in [5.74, 6) is 1.85. The van der Waals surface area contributed by atoms with Crippen LogP contribution in [0.3, 0.4) is 0 Å². The Morgan fingerprint density at radius 2 is 2.10 bits per heavy atom. The Morgan fingerprint density at radius 1 is 1.30 bits per heavy atom. The fourth-order valence-corrected chi connectivity index (χ4v) is 1.72.